The lowest BCUT2D eigenvalue weighted by Gasteiger charge is -2.32. The molecule has 1 heterocycles. The minimum Gasteiger partial charge on any atom is -0.493 e. The molecule has 1 aliphatic rings. The van der Waals surface area contributed by atoms with Crippen LogP contribution in [-0.2, 0) is 0 Å². The molecule has 1 aromatic rings. The van der Waals surface area contributed by atoms with Crippen LogP contribution >= 0.6 is 0 Å². The van der Waals surface area contributed by atoms with Gasteiger partial charge >= 0.3 is 0 Å². The SMILES string of the molecule is CNC1CCCN(CCOc2ccccc2OC)C1. The van der Waals surface area contributed by atoms with E-state index in [2.05, 4.69) is 10.2 Å². The number of nitrogens with one attached hydrogen (secondary N) is 1. The van der Waals surface area contributed by atoms with Crippen molar-refractivity contribution < 1.29 is 9.47 Å². The highest BCUT2D eigenvalue weighted by molar-refractivity contribution is 5.39. The number of rotatable bonds is 6. The molecule has 0 aromatic heterocycles. The minimum absolute atomic E-state index is 0.625. The Morgan fingerprint density at radius 1 is 1.32 bits per heavy atom. The first kappa shape index (κ1) is 14.2. The quantitative estimate of drug-likeness (QED) is 0.849. The number of ether oxygens (including phenoxy) is 2. The number of methoxy groups -OCH3 is 1. The zero-order valence-corrected chi connectivity index (χ0v) is 11.9. The molecule has 2 rings (SSSR count). The first-order valence-electron chi connectivity index (χ1n) is 6.99. The molecule has 0 aliphatic carbocycles. The smallest absolute Gasteiger partial charge is 0.161 e. The van der Waals surface area contributed by atoms with Gasteiger partial charge in [0.2, 0.25) is 0 Å². The maximum Gasteiger partial charge on any atom is 0.161 e. The van der Waals surface area contributed by atoms with E-state index >= 15 is 0 Å². The third-order valence-corrected chi connectivity index (χ3v) is 3.65. The molecular weight excluding hydrogens is 240 g/mol. The number of hydrogen-bond acceptors (Lipinski definition) is 4. The Bertz CT molecular complexity index is 384. The van der Waals surface area contributed by atoms with Crippen molar-refractivity contribution in [1.82, 2.24) is 10.2 Å². The summed E-state index contributed by atoms with van der Waals surface area (Å²) in [5.74, 6) is 1.63. The zero-order valence-electron chi connectivity index (χ0n) is 11.9. The number of likely N-dealkylation sites (N-methyl/N-ethyl adjacent to an activating group) is 1. The number of hydrogen-bond donors (Lipinski definition) is 1. The molecule has 19 heavy (non-hydrogen) atoms. The van der Waals surface area contributed by atoms with Gasteiger partial charge in [-0.3, -0.25) is 4.90 Å². The van der Waals surface area contributed by atoms with E-state index in [0.717, 1.165) is 24.6 Å². The Labute approximate surface area is 115 Å². The average Bonchev–Trinajstić information content (AvgIpc) is 2.48. The van der Waals surface area contributed by atoms with Crippen molar-refractivity contribution in [3.05, 3.63) is 24.3 Å². The molecule has 1 N–H and O–H groups in total. The van der Waals surface area contributed by atoms with Gasteiger partial charge in [-0.1, -0.05) is 12.1 Å². The van der Waals surface area contributed by atoms with Crippen molar-refractivity contribution in [3.63, 3.8) is 0 Å². The summed E-state index contributed by atoms with van der Waals surface area (Å²) in [4.78, 5) is 2.46. The molecule has 0 radical (unpaired) electrons. The number of nitrogens with zero attached hydrogens (tertiary/aromatic N) is 1. The molecule has 0 saturated carbocycles. The van der Waals surface area contributed by atoms with E-state index < -0.39 is 0 Å². The van der Waals surface area contributed by atoms with Crippen LogP contribution in [0.4, 0.5) is 0 Å². The molecule has 1 aromatic carbocycles. The van der Waals surface area contributed by atoms with Gasteiger partial charge in [0.1, 0.15) is 6.61 Å². The normalized spacial score (nSPS) is 20.2. The fourth-order valence-electron chi connectivity index (χ4n) is 2.52. The van der Waals surface area contributed by atoms with Crippen molar-refractivity contribution in [2.24, 2.45) is 0 Å². The molecule has 1 unspecified atom stereocenters. The molecule has 106 valence electrons. The topological polar surface area (TPSA) is 33.7 Å². The molecule has 4 nitrogen and oxygen atoms in total. The van der Waals surface area contributed by atoms with Gasteiger partial charge in [0.15, 0.2) is 11.5 Å². The lowest BCUT2D eigenvalue weighted by Crippen LogP contribution is -2.45. The highest BCUT2D eigenvalue weighted by Gasteiger charge is 2.17. The van der Waals surface area contributed by atoms with Gasteiger partial charge < -0.3 is 14.8 Å². The van der Waals surface area contributed by atoms with Crippen molar-refractivity contribution in [3.8, 4) is 11.5 Å². The fourth-order valence-corrected chi connectivity index (χ4v) is 2.52. The molecular formula is C15H24N2O2. The Morgan fingerprint density at radius 3 is 2.84 bits per heavy atom. The third-order valence-electron chi connectivity index (χ3n) is 3.65. The van der Waals surface area contributed by atoms with Gasteiger partial charge in [0.25, 0.3) is 0 Å². The highest BCUT2D eigenvalue weighted by atomic mass is 16.5. The van der Waals surface area contributed by atoms with E-state index in [4.69, 9.17) is 9.47 Å². The van der Waals surface area contributed by atoms with Gasteiger partial charge in [0, 0.05) is 19.1 Å². The first-order valence-corrected chi connectivity index (χ1v) is 6.99. The second kappa shape index (κ2) is 7.36. The summed E-state index contributed by atoms with van der Waals surface area (Å²) >= 11 is 0. The van der Waals surface area contributed by atoms with Crippen LogP contribution in [0.5, 0.6) is 11.5 Å². The van der Waals surface area contributed by atoms with Crippen LogP contribution in [0.3, 0.4) is 0 Å². The number of likely N-dealkylation sites (tertiary alicyclic amines) is 1. The van der Waals surface area contributed by atoms with Crippen LogP contribution in [0.15, 0.2) is 24.3 Å². The number of benzene rings is 1. The second-order valence-corrected chi connectivity index (χ2v) is 4.93. The van der Waals surface area contributed by atoms with E-state index in [1.807, 2.05) is 31.3 Å². The van der Waals surface area contributed by atoms with Crippen molar-refractivity contribution >= 4 is 0 Å². The van der Waals surface area contributed by atoms with E-state index in [0.29, 0.717) is 12.6 Å². The molecule has 0 bridgehead atoms. The molecule has 0 spiro atoms. The third kappa shape index (κ3) is 4.11. The summed E-state index contributed by atoms with van der Waals surface area (Å²) in [5, 5.41) is 3.36. The Balaban J connectivity index is 1.77. The van der Waals surface area contributed by atoms with E-state index in [9.17, 15) is 0 Å². The Kier molecular flexibility index (Phi) is 5.48. The molecule has 1 fully saturated rings. The van der Waals surface area contributed by atoms with Crippen LogP contribution in [0.25, 0.3) is 0 Å². The lowest BCUT2D eigenvalue weighted by molar-refractivity contribution is 0.160. The predicted molar refractivity (Wildman–Crippen MR) is 77.0 cm³/mol. The first-order chi connectivity index (χ1) is 9.33. The predicted octanol–water partition coefficient (Wildman–Crippen LogP) is 1.76. The van der Waals surface area contributed by atoms with Crippen LogP contribution in [0, 0.1) is 0 Å². The molecule has 0 amide bonds. The summed E-state index contributed by atoms with van der Waals surface area (Å²) in [7, 11) is 3.71. The number of piperidine rings is 1. The van der Waals surface area contributed by atoms with Crippen LogP contribution < -0.4 is 14.8 Å². The molecule has 1 aliphatic heterocycles. The van der Waals surface area contributed by atoms with Crippen molar-refractivity contribution in [2.45, 2.75) is 18.9 Å². The van der Waals surface area contributed by atoms with Crippen LogP contribution in [0.1, 0.15) is 12.8 Å². The fraction of sp³-hybridized carbons (Fsp3) is 0.600. The second-order valence-electron chi connectivity index (χ2n) is 4.93. The average molecular weight is 264 g/mol. The lowest BCUT2D eigenvalue weighted by atomic mass is 10.1. The standard InChI is InChI=1S/C15H24N2O2/c1-16-13-6-5-9-17(12-13)10-11-19-15-8-4-3-7-14(15)18-2/h3-4,7-8,13,16H,5-6,9-12H2,1-2H3. The Hall–Kier alpha value is -1.26. The maximum absolute atomic E-state index is 5.81. The van der Waals surface area contributed by atoms with Gasteiger partial charge in [-0.2, -0.15) is 0 Å². The number of para-hydroxylation sites is 2. The molecule has 1 atom stereocenters. The van der Waals surface area contributed by atoms with Crippen molar-refractivity contribution in [2.75, 3.05) is 40.4 Å². The zero-order chi connectivity index (χ0) is 13.5. The Morgan fingerprint density at radius 2 is 2.11 bits per heavy atom. The van der Waals surface area contributed by atoms with Crippen LogP contribution in [0.2, 0.25) is 0 Å². The summed E-state index contributed by atoms with van der Waals surface area (Å²) in [6.07, 6.45) is 2.54. The largest absolute Gasteiger partial charge is 0.493 e. The van der Waals surface area contributed by atoms with E-state index in [1.54, 1.807) is 7.11 Å². The summed E-state index contributed by atoms with van der Waals surface area (Å²) < 4.78 is 11.1. The van der Waals surface area contributed by atoms with Crippen LogP contribution in [-0.4, -0.2) is 51.3 Å². The molecule has 1 saturated heterocycles. The summed E-state index contributed by atoms with van der Waals surface area (Å²) in [6.45, 7) is 3.96. The van der Waals surface area contributed by atoms with Gasteiger partial charge in [-0.25, -0.2) is 0 Å². The van der Waals surface area contributed by atoms with E-state index in [-0.39, 0.29) is 0 Å². The minimum atomic E-state index is 0.625. The highest BCUT2D eigenvalue weighted by Crippen LogP contribution is 2.25. The summed E-state index contributed by atoms with van der Waals surface area (Å²) in [6, 6.07) is 8.42. The van der Waals surface area contributed by atoms with Crippen molar-refractivity contribution in [1.29, 1.82) is 0 Å². The van der Waals surface area contributed by atoms with Gasteiger partial charge in [0.05, 0.1) is 7.11 Å². The summed E-state index contributed by atoms with van der Waals surface area (Å²) in [5.41, 5.74) is 0. The van der Waals surface area contributed by atoms with E-state index in [1.165, 1.54) is 19.4 Å². The van der Waals surface area contributed by atoms with Gasteiger partial charge in [-0.15, -0.1) is 0 Å². The maximum atomic E-state index is 5.81. The van der Waals surface area contributed by atoms with Gasteiger partial charge in [-0.05, 0) is 38.6 Å². The monoisotopic (exact) mass is 264 g/mol. The molecule has 4 heteroatoms.